The molecule has 0 bridgehead atoms. The second kappa shape index (κ2) is 5.04. The topological polar surface area (TPSA) is 29.5 Å². The molecule has 0 amide bonds. The molecule has 17 heavy (non-hydrogen) atoms. The van der Waals surface area contributed by atoms with E-state index in [2.05, 4.69) is 17.5 Å². The van der Waals surface area contributed by atoms with Crippen molar-refractivity contribution in [3.63, 3.8) is 0 Å². The summed E-state index contributed by atoms with van der Waals surface area (Å²) in [6.07, 6.45) is 3.89. The van der Waals surface area contributed by atoms with Crippen LogP contribution >= 0.6 is 0 Å². The van der Waals surface area contributed by atoms with Gasteiger partial charge in [0.2, 0.25) is 0 Å². The molecule has 1 aliphatic rings. The van der Waals surface area contributed by atoms with Gasteiger partial charge in [-0.15, -0.1) is 6.58 Å². The average molecular weight is 231 g/mol. The molecule has 0 radical (unpaired) electrons. The molecule has 0 unspecified atom stereocenters. The Bertz CT molecular complexity index is 440. The van der Waals surface area contributed by atoms with E-state index in [0.717, 1.165) is 37.2 Å². The van der Waals surface area contributed by atoms with Crippen molar-refractivity contribution in [1.82, 2.24) is 0 Å². The number of nitrogens with zero attached hydrogens (tertiary/aromatic N) is 1. The summed E-state index contributed by atoms with van der Waals surface area (Å²) in [6, 6.07) is 5.80. The van der Waals surface area contributed by atoms with Crippen molar-refractivity contribution in [2.45, 2.75) is 12.8 Å². The number of carbonyl (C=O) groups is 1. The first-order valence-electron chi connectivity index (χ1n) is 5.84. The Kier molecular flexibility index (Phi) is 3.47. The fraction of sp³-hybridized carbons (Fsp3) is 0.357. The molecule has 0 fully saturated rings. The smallest absolute Gasteiger partial charge is 0.338 e. The van der Waals surface area contributed by atoms with E-state index in [-0.39, 0.29) is 5.97 Å². The molecule has 0 aromatic heterocycles. The molecule has 3 heteroatoms. The number of hydrogen-bond acceptors (Lipinski definition) is 3. The van der Waals surface area contributed by atoms with Gasteiger partial charge in [-0.1, -0.05) is 12.1 Å². The van der Waals surface area contributed by atoms with Crippen molar-refractivity contribution in [3.05, 3.63) is 42.0 Å². The standard InChI is InChI=1S/C14H17NO2/c1-3-9-15-10-5-7-11-12(14(16)17-2)6-4-8-13(11)15/h3-4,6,8H,1,5,7,9-10H2,2H3. The van der Waals surface area contributed by atoms with Crippen molar-refractivity contribution >= 4 is 11.7 Å². The van der Waals surface area contributed by atoms with E-state index in [1.54, 1.807) is 0 Å². The van der Waals surface area contributed by atoms with Crippen LogP contribution < -0.4 is 4.90 Å². The van der Waals surface area contributed by atoms with E-state index in [1.165, 1.54) is 7.11 Å². The molecule has 0 N–H and O–H groups in total. The molecule has 0 saturated carbocycles. The Morgan fingerprint density at radius 1 is 1.59 bits per heavy atom. The second-order valence-corrected chi connectivity index (χ2v) is 4.13. The summed E-state index contributed by atoms with van der Waals surface area (Å²) in [6.45, 7) is 5.60. The number of rotatable bonds is 3. The van der Waals surface area contributed by atoms with Crippen LogP contribution in [0.4, 0.5) is 5.69 Å². The van der Waals surface area contributed by atoms with Gasteiger partial charge in [0.05, 0.1) is 12.7 Å². The SMILES string of the molecule is C=CCN1CCCc2c(C(=O)OC)cccc21. The number of ether oxygens (including phenoxy) is 1. The largest absolute Gasteiger partial charge is 0.465 e. The Labute approximate surface area is 102 Å². The molecule has 1 heterocycles. The van der Waals surface area contributed by atoms with Gasteiger partial charge in [-0.25, -0.2) is 4.79 Å². The van der Waals surface area contributed by atoms with E-state index in [0.29, 0.717) is 5.56 Å². The monoisotopic (exact) mass is 231 g/mol. The molecule has 3 nitrogen and oxygen atoms in total. The first-order valence-corrected chi connectivity index (χ1v) is 5.84. The van der Waals surface area contributed by atoms with Gasteiger partial charge in [0.15, 0.2) is 0 Å². The molecule has 0 saturated heterocycles. The molecule has 1 aromatic carbocycles. The first-order chi connectivity index (χ1) is 8.27. The second-order valence-electron chi connectivity index (χ2n) is 4.13. The van der Waals surface area contributed by atoms with Crippen LogP contribution in [0.5, 0.6) is 0 Å². The summed E-state index contributed by atoms with van der Waals surface area (Å²) in [5, 5.41) is 0. The van der Waals surface area contributed by atoms with Crippen LogP contribution in [0.25, 0.3) is 0 Å². The Hall–Kier alpha value is -1.77. The van der Waals surface area contributed by atoms with Gasteiger partial charge >= 0.3 is 5.97 Å². The van der Waals surface area contributed by atoms with Crippen molar-refractivity contribution in [2.75, 3.05) is 25.1 Å². The number of benzene rings is 1. The molecule has 90 valence electrons. The van der Waals surface area contributed by atoms with Crippen LogP contribution in [-0.2, 0) is 11.2 Å². The van der Waals surface area contributed by atoms with E-state index >= 15 is 0 Å². The third-order valence-electron chi connectivity index (χ3n) is 3.10. The molecule has 1 aromatic rings. The van der Waals surface area contributed by atoms with Crippen molar-refractivity contribution in [3.8, 4) is 0 Å². The van der Waals surface area contributed by atoms with Crippen molar-refractivity contribution in [2.24, 2.45) is 0 Å². The minimum atomic E-state index is -0.248. The summed E-state index contributed by atoms with van der Waals surface area (Å²) in [4.78, 5) is 13.9. The zero-order chi connectivity index (χ0) is 12.3. The van der Waals surface area contributed by atoms with Gasteiger partial charge in [0.1, 0.15) is 0 Å². The molecule has 0 spiro atoms. The van der Waals surface area contributed by atoms with E-state index in [1.807, 2.05) is 18.2 Å². The molecular weight excluding hydrogens is 214 g/mol. The lowest BCUT2D eigenvalue weighted by atomic mass is 9.96. The van der Waals surface area contributed by atoms with Gasteiger partial charge in [0, 0.05) is 18.8 Å². The first kappa shape index (κ1) is 11.7. The quantitative estimate of drug-likeness (QED) is 0.591. The van der Waals surface area contributed by atoms with Gasteiger partial charge in [0.25, 0.3) is 0 Å². The highest BCUT2D eigenvalue weighted by molar-refractivity contribution is 5.93. The summed E-state index contributed by atoms with van der Waals surface area (Å²) in [7, 11) is 1.42. The van der Waals surface area contributed by atoms with Crippen LogP contribution in [0.2, 0.25) is 0 Å². The lowest BCUT2D eigenvalue weighted by Gasteiger charge is -2.31. The number of carbonyl (C=O) groups excluding carboxylic acids is 1. The van der Waals surface area contributed by atoms with Crippen LogP contribution in [0.3, 0.4) is 0 Å². The molecule has 0 atom stereocenters. The Balaban J connectivity index is 2.43. The molecular formula is C14H17NO2. The van der Waals surface area contributed by atoms with Crippen molar-refractivity contribution < 1.29 is 9.53 Å². The predicted octanol–water partition coefficient (Wildman–Crippen LogP) is 2.41. The maximum Gasteiger partial charge on any atom is 0.338 e. The van der Waals surface area contributed by atoms with Crippen molar-refractivity contribution in [1.29, 1.82) is 0 Å². The maximum absolute atomic E-state index is 11.7. The van der Waals surface area contributed by atoms with Gasteiger partial charge < -0.3 is 9.64 Å². The Morgan fingerprint density at radius 3 is 3.12 bits per heavy atom. The molecule has 0 aliphatic carbocycles. The van der Waals surface area contributed by atoms with E-state index in [9.17, 15) is 4.79 Å². The number of esters is 1. The highest BCUT2D eigenvalue weighted by Gasteiger charge is 2.21. The van der Waals surface area contributed by atoms with Gasteiger partial charge in [-0.3, -0.25) is 0 Å². The van der Waals surface area contributed by atoms with Gasteiger partial charge in [-0.2, -0.15) is 0 Å². The highest BCUT2D eigenvalue weighted by atomic mass is 16.5. The number of fused-ring (bicyclic) bond motifs is 1. The number of hydrogen-bond donors (Lipinski definition) is 0. The van der Waals surface area contributed by atoms with Crippen LogP contribution in [0.15, 0.2) is 30.9 Å². The summed E-state index contributed by atoms with van der Waals surface area (Å²) in [5.74, 6) is -0.248. The summed E-state index contributed by atoms with van der Waals surface area (Å²) < 4.78 is 4.82. The normalized spacial score (nSPS) is 14.1. The number of methoxy groups -OCH3 is 1. The maximum atomic E-state index is 11.7. The fourth-order valence-corrected chi connectivity index (χ4v) is 2.35. The fourth-order valence-electron chi connectivity index (χ4n) is 2.35. The zero-order valence-electron chi connectivity index (χ0n) is 10.1. The third-order valence-corrected chi connectivity index (χ3v) is 3.10. The minimum Gasteiger partial charge on any atom is -0.465 e. The van der Waals surface area contributed by atoms with Gasteiger partial charge in [-0.05, 0) is 30.5 Å². The highest BCUT2D eigenvalue weighted by Crippen LogP contribution is 2.30. The lowest BCUT2D eigenvalue weighted by molar-refractivity contribution is 0.0599. The predicted molar refractivity (Wildman–Crippen MR) is 68.5 cm³/mol. The van der Waals surface area contributed by atoms with Crippen LogP contribution in [0.1, 0.15) is 22.3 Å². The number of anilines is 1. The third kappa shape index (κ3) is 2.18. The zero-order valence-corrected chi connectivity index (χ0v) is 10.1. The Morgan fingerprint density at radius 2 is 2.41 bits per heavy atom. The van der Waals surface area contributed by atoms with E-state index < -0.39 is 0 Å². The molecule has 2 rings (SSSR count). The van der Waals surface area contributed by atoms with Crippen LogP contribution in [-0.4, -0.2) is 26.2 Å². The summed E-state index contributed by atoms with van der Waals surface area (Å²) in [5.41, 5.74) is 2.94. The minimum absolute atomic E-state index is 0.248. The lowest BCUT2D eigenvalue weighted by Crippen LogP contribution is -2.30. The summed E-state index contributed by atoms with van der Waals surface area (Å²) >= 11 is 0. The molecule has 1 aliphatic heterocycles. The average Bonchev–Trinajstić information content (AvgIpc) is 2.38. The van der Waals surface area contributed by atoms with E-state index in [4.69, 9.17) is 4.74 Å². The van der Waals surface area contributed by atoms with Crippen LogP contribution in [0, 0.1) is 0 Å².